The van der Waals surface area contributed by atoms with Crippen LogP contribution in [0.1, 0.15) is 24.0 Å². The molecule has 1 atom stereocenters. The number of amides is 1. The highest BCUT2D eigenvalue weighted by Crippen LogP contribution is 2.25. The van der Waals surface area contributed by atoms with Crippen LogP contribution in [0.3, 0.4) is 0 Å². The van der Waals surface area contributed by atoms with Gasteiger partial charge in [-0.25, -0.2) is 4.79 Å². The lowest BCUT2D eigenvalue weighted by Crippen LogP contribution is -2.18. The van der Waals surface area contributed by atoms with Crippen LogP contribution < -0.4 is 15.5 Å². The molecule has 0 spiro atoms. The first kappa shape index (κ1) is 19.9. The van der Waals surface area contributed by atoms with Crippen molar-refractivity contribution in [1.29, 1.82) is 0 Å². The average molecular weight is 348 g/mol. The summed E-state index contributed by atoms with van der Waals surface area (Å²) in [7, 11) is 14.8. The molecule has 1 amide bonds. The molecule has 0 aliphatic heterocycles. The first-order valence-electron chi connectivity index (χ1n) is 8.31. The van der Waals surface area contributed by atoms with Gasteiger partial charge in [-0.05, 0) is 30.8 Å². The van der Waals surface area contributed by atoms with Crippen molar-refractivity contribution < 1.29 is 14.3 Å². The fourth-order valence-corrected chi connectivity index (χ4v) is 2.61. The minimum absolute atomic E-state index is 0.0338. The molecule has 0 saturated carbocycles. The molecular weight excluding hydrogens is 326 g/mol. The predicted molar refractivity (Wildman–Crippen MR) is 105 cm³/mol. The highest BCUT2D eigenvalue weighted by Gasteiger charge is 2.14. The summed E-state index contributed by atoms with van der Waals surface area (Å²) in [6.07, 6.45) is -0.510. The van der Waals surface area contributed by atoms with Gasteiger partial charge in [-0.15, -0.1) is 0 Å². The first-order chi connectivity index (χ1) is 12.4. The van der Waals surface area contributed by atoms with Crippen LogP contribution in [-0.2, 0) is 11.3 Å². The Bertz CT molecular complexity index is 753. The Morgan fingerprint density at radius 2 is 2.04 bits per heavy atom. The maximum atomic E-state index is 12.1. The number of hydrogen-bond donors (Lipinski definition) is 1. The van der Waals surface area contributed by atoms with Crippen LogP contribution in [0.25, 0.3) is 0 Å². The molecule has 2 aromatic carbocycles. The van der Waals surface area contributed by atoms with Crippen molar-refractivity contribution >= 4 is 33.1 Å². The van der Waals surface area contributed by atoms with Crippen molar-refractivity contribution in [3.05, 3.63) is 53.6 Å². The van der Waals surface area contributed by atoms with Gasteiger partial charge in [0, 0.05) is 23.7 Å². The minimum Gasteiger partial charge on any atom is -0.496 e. The SMILES string of the molecule is [B]c1ccc([C@@H](C)COC(=O)Nc2cccc(CN([B])C)c2)c(OC)c1. The molecule has 7 heteroatoms. The van der Waals surface area contributed by atoms with E-state index in [-0.39, 0.29) is 12.5 Å². The molecule has 5 nitrogen and oxygen atoms in total. The van der Waals surface area contributed by atoms with E-state index >= 15 is 0 Å². The molecule has 0 aromatic heterocycles. The third-order valence-electron chi connectivity index (χ3n) is 3.86. The molecule has 2 aromatic rings. The van der Waals surface area contributed by atoms with E-state index in [1.165, 1.54) is 0 Å². The molecule has 4 radical (unpaired) electrons. The van der Waals surface area contributed by atoms with Gasteiger partial charge in [0.05, 0.1) is 13.7 Å². The van der Waals surface area contributed by atoms with E-state index < -0.39 is 6.09 Å². The van der Waals surface area contributed by atoms with Gasteiger partial charge in [0.2, 0.25) is 0 Å². The van der Waals surface area contributed by atoms with Gasteiger partial charge in [-0.1, -0.05) is 36.7 Å². The number of rotatable bonds is 7. The summed E-state index contributed by atoms with van der Waals surface area (Å²) in [6, 6.07) is 12.9. The van der Waals surface area contributed by atoms with Crippen molar-refractivity contribution in [3.8, 4) is 5.75 Å². The zero-order valence-corrected chi connectivity index (χ0v) is 15.4. The van der Waals surface area contributed by atoms with Crippen LogP contribution in [0.2, 0.25) is 0 Å². The van der Waals surface area contributed by atoms with Crippen molar-refractivity contribution in [3.63, 3.8) is 0 Å². The third-order valence-corrected chi connectivity index (χ3v) is 3.86. The summed E-state index contributed by atoms with van der Waals surface area (Å²) in [5.74, 6) is 0.647. The highest BCUT2D eigenvalue weighted by molar-refractivity contribution is 6.32. The molecule has 132 valence electrons. The van der Waals surface area contributed by atoms with Crippen molar-refractivity contribution in [1.82, 2.24) is 4.81 Å². The standard InChI is InChI=1S/C19H22B2N2O3/c1-13(17-8-7-15(20)10-18(17)25-3)12-26-19(24)22-16-6-4-5-14(9-16)11-23(2)21/h4-10,13H,11-12H2,1-3H3,(H,22,24)/t13-/m0/s1. The Labute approximate surface area is 157 Å². The van der Waals surface area contributed by atoms with E-state index in [2.05, 4.69) is 5.32 Å². The Kier molecular flexibility index (Phi) is 7.16. The fourth-order valence-electron chi connectivity index (χ4n) is 2.61. The van der Waals surface area contributed by atoms with Crippen molar-refractivity contribution in [2.24, 2.45) is 0 Å². The maximum Gasteiger partial charge on any atom is 0.411 e. The summed E-state index contributed by atoms with van der Waals surface area (Å²) in [5.41, 5.74) is 3.21. The first-order valence-corrected chi connectivity index (χ1v) is 8.31. The fraction of sp³-hybridized carbons (Fsp3) is 0.316. The summed E-state index contributed by atoms with van der Waals surface area (Å²) in [4.78, 5) is 13.6. The maximum absolute atomic E-state index is 12.1. The van der Waals surface area contributed by atoms with Gasteiger partial charge < -0.3 is 14.3 Å². The average Bonchev–Trinajstić information content (AvgIpc) is 2.59. The van der Waals surface area contributed by atoms with Crippen molar-refractivity contribution in [2.75, 3.05) is 26.1 Å². The summed E-state index contributed by atoms with van der Waals surface area (Å²) >= 11 is 0. The largest absolute Gasteiger partial charge is 0.496 e. The van der Waals surface area contributed by atoms with Crippen LogP contribution in [0.5, 0.6) is 5.75 Å². The molecule has 0 aliphatic rings. The Hall–Kier alpha value is -2.40. The zero-order chi connectivity index (χ0) is 19.1. The van der Waals surface area contributed by atoms with Gasteiger partial charge in [0.15, 0.2) is 7.98 Å². The van der Waals surface area contributed by atoms with Crippen LogP contribution in [-0.4, -0.2) is 47.5 Å². The molecular formula is C19H22B2N2O3. The molecule has 0 heterocycles. The monoisotopic (exact) mass is 348 g/mol. The number of nitrogens with one attached hydrogen (secondary N) is 1. The lowest BCUT2D eigenvalue weighted by Gasteiger charge is -2.17. The number of benzene rings is 2. The van der Waals surface area contributed by atoms with Gasteiger partial charge in [0.1, 0.15) is 13.6 Å². The van der Waals surface area contributed by atoms with Gasteiger partial charge in [-0.2, -0.15) is 0 Å². The van der Waals surface area contributed by atoms with Gasteiger partial charge in [-0.3, -0.25) is 5.32 Å². The predicted octanol–water partition coefficient (Wildman–Crippen LogP) is 2.36. The van der Waals surface area contributed by atoms with E-state index in [4.69, 9.17) is 25.3 Å². The Balaban J connectivity index is 1.92. The second-order valence-electron chi connectivity index (χ2n) is 6.24. The molecule has 0 fully saturated rings. The number of methoxy groups -OCH3 is 1. The number of carbonyl (C=O) groups is 1. The molecule has 2 rings (SSSR count). The topological polar surface area (TPSA) is 50.8 Å². The second-order valence-corrected chi connectivity index (χ2v) is 6.24. The molecule has 0 bridgehead atoms. The Morgan fingerprint density at radius 3 is 2.73 bits per heavy atom. The van der Waals surface area contributed by atoms with E-state index in [0.29, 0.717) is 23.4 Å². The van der Waals surface area contributed by atoms with E-state index in [1.807, 2.05) is 31.2 Å². The van der Waals surface area contributed by atoms with E-state index in [1.54, 1.807) is 37.2 Å². The number of carbonyl (C=O) groups excluding carboxylic acids is 1. The normalized spacial score (nSPS) is 11.8. The number of hydrogen-bond acceptors (Lipinski definition) is 4. The second kappa shape index (κ2) is 9.34. The highest BCUT2D eigenvalue weighted by atomic mass is 16.5. The number of nitrogens with zero attached hydrogens (tertiary/aromatic N) is 1. The minimum atomic E-state index is -0.510. The van der Waals surface area contributed by atoms with Crippen LogP contribution >= 0.6 is 0 Å². The molecule has 26 heavy (non-hydrogen) atoms. The summed E-state index contributed by atoms with van der Waals surface area (Å²) < 4.78 is 10.7. The summed E-state index contributed by atoms with van der Waals surface area (Å²) in [6.45, 7) is 2.76. The zero-order valence-electron chi connectivity index (χ0n) is 15.4. The van der Waals surface area contributed by atoms with E-state index in [0.717, 1.165) is 11.1 Å². The molecule has 1 N–H and O–H groups in total. The Morgan fingerprint density at radius 1 is 1.27 bits per heavy atom. The molecule has 0 aliphatic carbocycles. The summed E-state index contributed by atoms with van der Waals surface area (Å²) in [5, 5.41) is 2.73. The van der Waals surface area contributed by atoms with E-state index in [9.17, 15) is 4.79 Å². The lowest BCUT2D eigenvalue weighted by molar-refractivity contribution is 0.155. The lowest BCUT2D eigenvalue weighted by atomic mass is 9.91. The van der Waals surface area contributed by atoms with Crippen LogP contribution in [0.15, 0.2) is 42.5 Å². The number of anilines is 1. The van der Waals surface area contributed by atoms with Crippen molar-refractivity contribution in [2.45, 2.75) is 19.4 Å². The molecule has 0 unspecified atom stereocenters. The third kappa shape index (κ3) is 5.85. The number of ether oxygens (including phenoxy) is 2. The molecule has 0 saturated heterocycles. The quantitative estimate of drug-likeness (QED) is 0.781. The van der Waals surface area contributed by atoms with Crippen LogP contribution in [0.4, 0.5) is 10.5 Å². The van der Waals surface area contributed by atoms with Crippen LogP contribution in [0, 0.1) is 0 Å². The van der Waals surface area contributed by atoms with Gasteiger partial charge >= 0.3 is 6.09 Å². The smallest absolute Gasteiger partial charge is 0.411 e. The van der Waals surface area contributed by atoms with Gasteiger partial charge in [0.25, 0.3) is 0 Å².